The van der Waals surface area contributed by atoms with E-state index in [0.29, 0.717) is 17.9 Å². The van der Waals surface area contributed by atoms with Gasteiger partial charge >= 0.3 is 6.18 Å². The van der Waals surface area contributed by atoms with E-state index in [4.69, 9.17) is 11.6 Å². The highest BCUT2D eigenvalue weighted by atomic mass is 35.5. The molecule has 1 atom stereocenters. The summed E-state index contributed by atoms with van der Waals surface area (Å²) < 4.78 is 37.8. The van der Waals surface area contributed by atoms with Crippen LogP contribution in [0.1, 0.15) is 44.2 Å². The van der Waals surface area contributed by atoms with Crippen molar-refractivity contribution in [3.8, 4) is 0 Å². The van der Waals surface area contributed by atoms with E-state index in [9.17, 15) is 13.2 Å². The summed E-state index contributed by atoms with van der Waals surface area (Å²) in [7, 11) is 0. The molecule has 2 rings (SSSR count). The second-order valence-electron chi connectivity index (χ2n) is 5.53. The van der Waals surface area contributed by atoms with Gasteiger partial charge in [-0.15, -0.1) is 0 Å². The largest absolute Gasteiger partial charge is 0.391 e. The number of benzene rings is 1. The molecule has 1 aromatic carbocycles. The quantitative estimate of drug-likeness (QED) is 0.818. The van der Waals surface area contributed by atoms with Crippen LogP contribution in [0.15, 0.2) is 24.3 Å². The van der Waals surface area contributed by atoms with Crippen LogP contribution in [-0.2, 0) is 0 Å². The van der Waals surface area contributed by atoms with E-state index < -0.39 is 12.1 Å². The smallest absolute Gasteiger partial charge is 0.307 e. The molecule has 112 valence electrons. The van der Waals surface area contributed by atoms with Crippen LogP contribution in [-0.4, -0.2) is 12.2 Å². The third kappa shape index (κ3) is 4.13. The number of rotatable bonds is 3. The molecule has 1 nitrogen and oxygen atoms in total. The molecule has 1 aliphatic carbocycles. The van der Waals surface area contributed by atoms with Gasteiger partial charge in [-0.05, 0) is 50.3 Å². The molecule has 1 fully saturated rings. The first kappa shape index (κ1) is 15.6. The Kier molecular flexibility index (Phi) is 4.97. The van der Waals surface area contributed by atoms with Gasteiger partial charge in [0, 0.05) is 17.1 Å². The van der Waals surface area contributed by atoms with Gasteiger partial charge in [0.1, 0.15) is 0 Å². The minimum absolute atomic E-state index is 0.0983. The van der Waals surface area contributed by atoms with E-state index >= 15 is 0 Å². The minimum atomic E-state index is -4.04. The lowest BCUT2D eigenvalue weighted by atomic mass is 9.85. The standard InChI is InChI=1S/C15H19ClF3N/c1-10(11-3-2-4-13(16)9-11)20-14-7-5-12(6-8-14)15(17,18)19/h2-4,9-10,12,14,20H,5-8H2,1H3. The van der Waals surface area contributed by atoms with Gasteiger partial charge in [0.05, 0.1) is 5.92 Å². The van der Waals surface area contributed by atoms with Crippen molar-refractivity contribution in [3.63, 3.8) is 0 Å². The molecule has 0 heterocycles. The number of nitrogens with one attached hydrogen (secondary N) is 1. The van der Waals surface area contributed by atoms with E-state index in [2.05, 4.69) is 5.32 Å². The van der Waals surface area contributed by atoms with Gasteiger partial charge in [-0.25, -0.2) is 0 Å². The SMILES string of the molecule is CC(NC1CCC(C(F)(F)F)CC1)c1cccc(Cl)c1. The molecule has 1 N–H and O–H groups in total. The fraction of sp³-hybridized carbons (Fsp3) is 0.600. The number of hydrogen-bond donors (Lipinski definition) is 1. The van der Waals surface area contributed by atoms with E-state index in [-0.39, 0.29) is 24.9 Å². The zero-order chi connectivity index (χ0) is 14.8. The highest BCUT2D eigenvalue weighted by Crippen LogP contribution is 2.37. The van der Waals surface area contributed by atoms with Crippen molar-refractivity contribution < 1.29 is 13.2 Å². The van der Waals surface area contributed by atoms with Crippen LogP contribution in [0, 0.1) is 5.92 Å². The van der Waals surface area contributed by atoms with E-state index in [1.165, 1.54) is 0 Å². The Labute approximate surface area is 122 Å². The number of halogens is 4. The number of alkyl halides is 3. The molecule has 0 radical (unpaired) electrons. The molecule has 1 aromatic rings. The summed E-state index contributed by atoms with van der Waals surface area (Å²) in [5.41, 5.74) is 1.07. The van der Waals surface area contributed by atoms with Crippen molar-refractivity contribution in [2.45, 2.75) is 50.9 Å². The van der Waals surface area contributed by atoms with E-state index in [0.717, 1.165) is 5.56 Å². The van der Waals surface area contributed by atoms with Crippen LogP contribution in [0.5, 0.6) is 0 Å². The third-order valence-electron chi connectivity index (χ3n) is 4.02. The predicted molar refractivity (Wildman–Crippen MR) is 74.8 cm³/mol. The highest BCUT2D eigenvalue weighted by Gasteiger charge is 2.41. The molecular weight excluding hydrogens is 287 g/mol. The zero-order valence-corrected chi connectivity index (χ0v) is 12.1. The van der Waals surface area contributed by atoms with Crippen molar-refractivity contribution >= 4 is 11.6 Å². The highest BCUT2D eigenvalue weighted by molar-refractivity contribution is 6.30. The van der Waals surface area contributed by atoms with Gasteiger partial charge in [0.15, 0.2) is 0 Å². The summed E-state index contributed by atoms with van der Waals surface area (Å²) in [5.74, 6) is -1.12. The number of hydrogen-bond acceptors (Lipinski definition) is 1. The Bertz CT molecular complexity index is 439. The molecule has 20 heavy (non-hydrogen) atoms. The summed E-state index contributed by atoms with van der Waals surface area (Å²) in [6.45, 7) is 2.02. The first-order valence-corrected chi connectivity index (χ1v) is 7.32. The molecular formula is C15H19ClF3N. The Hall–Kier alpha value is -0.740. The zero-order valence-electron chi connectivity index (χ0n) is 11.4. The minimum Gasteiger partial charge on any atom is -0.307 e. The fourth-order valence-corrected chi connectivity index (χ4v) is 3.01. The summed E-state index contributed by atoms with van der Waals surface area (Å²) in [5, 5.41) is 4.09. The Morgan fingerprint density at radius 2 is 1.85 bits per heavy atom. The predicted octanol–water partition coefficient (Wildman–Crippen LogP) is 5.11. The molecule has 0 bridgehead atoms. The van der Waals surface area contributed by atoms with Gasteiger partial charge in [-0.1, -0.05) is 23.7 Å². The third-order valence-corrected chi connectivity index (χ3v) is 4.26. The average molecular weight is 306 g/mol. The van der Waals surface area contributed by atoms with Crippen LogP contribution in [0.2, 0.25) is 5.02 Å². The maximum Gasteiger partial charge on any atom is 0.391 e. The Balaban J connectivity index is 1.86. The summed E-state index contributed by atoms with van der Waals surface area (Å²) in [6.07, 6.45) is -2.43. The van der Waals surface area contributed by atoms with Gasteiger partial charge in [-0.2, -0.15) is 13.2 Å². The second-order valence-corrected chi connectivity index (χ2v) is 5.97. The van der Waals surface area contributed by atoms with Gasteiger partial charge in [0.25, 0.3) is 0 Å². The molecule has 0 aromatic heterocycles. The Morgan fingerprint density at radius 1 is 1.20 bits per heavy atom. The fourth-order valence-electron chi connectivity index (χ4n) is 2.81. The van der Waals surface area contributed by atoms with Crippen LogP contribution in [0.25, 0.3) is 0 Å². The van der Waals surface area contributed by atoms with Gasteiger partial charge < -0.3 is 5.32 Å². The molecule has 0 saturated heterocycles. The molecule has 0 spiro atoms. The van der Waals surface area contributed by atoms with Crippen LogP contribution in [0.3, 0.4) is 0 Å². The van der Waals surface area contributed by atoms with Gasteiger partial charge in [-0.3, -0.25) is 0 Å². The molecule has 1 unspecified atom stereocenters. The first-order valence-electron chi connectivity index (χ1n) is 6.94. The van der Waals surface area contributed by atoms with Crippen molar-refractivity contribution in [1.82, 2.24) is 5.32 Å². The van der Waals surface area contributed by atoms with Crippen LogP contribution >= 0.6 is 11.6 Å². The monoisotopic (exact) mass is 305 g/mol. The molecule has 1 saturated carbocycles. The van der Waals surface area contributed by atoms with E-state index in [1.807, 2.05) is 31.2 Å². The summed E-state index contributed by atoms with van der Waals surface area (Å²) in [4.78, 5) is 0. The summed E-state index contributed by atoms with van der Waals surface area (Å²) in [6, 6.07) is 7.82. The van der Waals surface area contributed by atoms with Crippen molar-refractivity contribution in [3.05, 3.63) is 34.9 Å². The molecule has 5 heteroatoms. The topological polar surface area (TPSA) is 12.0 Å². The van der Waals surface area contributed by atoms with Crippen LogP contribution < -0.4 is 5.32 Å². The van der Waals surface area contributed by atoms with Crippen molar-refractivity contribution in [1.29, 1.82) is 0 Å². The second kappa shape index (κ2) is 6.35. The van der Waals surface area contributed by atoms with Crippen LogP contribution in [0.4, 0.5) is 13.2 Å². The van der Waals surface area contributed by atoms with E-state index in [1.54, 1.807) is 0 Å². The molecule has 1 aliphatic rings. The maximum atomic E-state index is 12.6. The maximum absolute atomic E-state index is 12.6. The normalized spacial score (nSPS) is 25.4. The lowest BCUT2D eigenvalue weighted by molar-refractivity contribution is -0.182. The summed E-state index contributed by atoms with van der Waals surface area (Å²) >= 11 is 5.95. The molecule has 0 aliphatic heterocycles. The lowest BCUT2D eigenvalue weighted by Crippen LogP contribution is -2.38. The molecule has 0 amide bonds. The van der Waals surface area contributed by atoms with Crippen molar-refractivity contribution in [2.24, 2.45) is 5.92 Å². The average Bonchev–Trinajstić information content (AvgIpc) is 2.38. The van der Waals surface area contributed by atoms with Gasteiger partial charge in [0.2, 0.25) is 0 Å². The Morgan fingerprint density at radius 3 is 2.40 bits per heavy atom. The van der Waals surface area contributed by atoms with Crippen molar-refractivity contribution in [2.75, 3.05) is 0 Å². The lowest BCUT2D eigenvalue weighted by Gasteiger charge is -2.32. The first-order chi connectivity index (χ1) is 9.36.